The van der Waals surface area contributed by atoms with E-state index in [4.69, 9.17) is 9.97 Å². The Bertz CT molecular complexity index is 1400. The Kier molecular flexibility index (Phi) is 6.06. The summed E-state index contributed by atoms with van der Waals surface area (Å²) in [5.74, 6) is 0. The first-order chi connectivity index (χ1) is 16.9. The largest absolute Gasteiger partial charge is 0.331 e. The van der Waals surface area contributed by atoms with Crippen LogP contribution in [0, 0.1) is 27.7 Å². The van der Waals surface area contributed by atoms with E-state index in [-0.39, 0.29) is 0 Å². The molecule has 2 N–H and O–H groups in total. The molecule has 0 saturated heterocycles. The van der Waals surface area contributed by atoms with Crippen LogP contribution in [0.1, 0.15) is 22.3 Å². The monoisotopic (exact) mass is 550 g/mol. The van der Waals surface area contributed by atoms with Crippen LogP contribution >= 0.6 is 57.1 Å². The molecule has 0 aliphatic rings. The van der Waals surface area contributed by atoms with Crippen molar-refractivity contribution in [2.45, 2.75) is 38.0 Å². The molecule has 0 atom stereocenters. The van der Waals surface area contributed by atoms with Gasteiger partial charge in [-0.1, -0.05) is 0 Å². The fourth-order valence-corrected chi connectivity index (χ4v) is 8.19. The number of aromatic amines is 2. The van der Waals surface area contributed by atoms with E-state index in [0.717, 1.165) is 33.1 Å². The molecule has 0 spiro atoms. The Labute approximate surface area is 224 Å². The van der Waals surface area contributed by atoms with Crippen molar-refractivity contribution in [1.29, 1.82) is 0 Å². The molecule has 0 bridgehead atoms. The van der Waals surface area contributed by atoms with Crippen LogP contribution in [0.2, 0.25) is 0 Å². The zero-order chi connectivity index (χ0) is 24.1. The van der Waals surface area contributed by atoms with Gasteiger partial charge >= 0.3 is 0 Å². The fourth-order valence-electron chi connectivity index (χ4n) is 3.84. The maximum atomic E-state index is 5.04. The standard InChI is InChI=1S/C26H22N4S5/c1-13-5-17(31-9-13)21-22(18-6-14(2)10-32-18)28-25(27-21)35-26-29-23(19-7-15(3)11-33-19)24(30-26)20-8-16(4)12-34-20/h5-12H,1-4H3,(H,27,28)(H,29,30). The Hall–Kier alpha value is -2.43. The molecule has 9 heteroatoms. The number of thiophene rings is 4. The van der Waals surface area contributed by atoms with Crippen molar-refractivity contribution in [2.24, 2.45) is 0 Å². The second-order valence-corrected chi connectivity index (χ2v) is 13.2. The number of aryl methyl sites for hydroxylation is 4. The number of nitrogens with zero attached hydrogens (tertiary/aromatic N) is 2. The van der Waals surface area contributed by atoms with Crippen molar-refractivity contribution in [3.05, 3.63) is 68.0 Å². The van der Waals surface area contributed by atoms with Crippen molar-refractivity contribution in [1.82, 2.24) is 19.9 Å². The normalized spacial score (nSPS) is 11.5. The van der Waals surface area contributed by atoms with E-state index in [1.807, 2.05) is 0 Å². The molecule has 0 radical (unpaired) electrons. The Morgan fingerprint density at radius 1 is 0.543 bits per heavy atom. The number of imidazole rings is 2. The van der Waals surface area contributed by atoms with Crippen molar-refractivity contribution < 1.29 is 0 Å². The highest BCUT2D eigenvalue weighted by molar-refractivity contribution is 7.99. The highest BCUT2D eigenvalue weighted by atomic mass is 32.2. The first kappa shape index (κ1) is 23.0. The van der Waals surface area contributed by atoms with Crippen LogP contribution in [0.25, 0.3) is 42.3 Å². The minimum absolute atomic E-state index is 0.837. The molecule has 0 saturated carbocycles. The molecule has 0 unspecified atom stereocenters. The summed E-state index contributed by atoms with van der Waals surface area (Å²) in [4.78, 5) is 22.0. The first-order valence-corrected chi connectivity index (χ1v) is 15.4. The smallest absolute Gasteiger partial charge is 0.174 e. The van der Waals surface area contributed by atoms with Crippen molar-refractivity contribution in [2.75, 3.05) is 0 Å². The fraction of sp³-hybridized carbons (Fsp3) is 0.154. The minimum Gasteiger partial charge on any atom is -0.331 e. The van der Waals surface area contributed by atoms with Gasteiger partial charge in [0.1, 0.15) is 11.4 Å². The second-order valence-electron chi connectivity index (χ2n) is 8.59. The Morgan fingerprint density at radius 3 is 1.20 bits per heavy atom. The summed E-state index contributed by atoms with van der Waals surface area (Å²) in [5, 5.41) is 10.4. The third-order valence-electron chi connectivity index (χ3n) is 5.44. The van der Waals surface area contributed by atoms with Crippen LogP contribution in [0.5, 0.6) is 0 Å². The molecule has 6 aromatic rings. The maximum Gasteiger partial charge on any atom is 0.174 e. The lowest BCUT2D eigenvalue weighted by molar-refractivity contribution is 1.02. The van der Waals surface area contributed by atoms with Gasteiger partial charge in [0, 0.05) is 0 Å². The van der Waals surface area contributed by atoms with Crippen LogP contribution in [-0.2, 0) is 0 Å². The number of H-pyrrole nitrogens is 2. The highest BCUT2D eigenvalue weighted by Crippen LogP contribution is 2.42. The van der Waals surface area contributed by atoms with Crippen molar-refractivity contribution in [3.8, 4) is 42.3 Å². The third kappa shape index (κ3) is 4.59. The van der Waals surface area contributed by atoms with Crippen LogP contribution < -0.4 is 0 Å². The first-order valence-electron chi connectivity index (χ1n) is 11.0. The van der Waals surface area contributed by atoms with Crippen LogP contribution in [-0.4, -0.2) is 19.9 Å². The van der Waals surface area contributed by atoms with Crippen LogP contribution in [0.3, 0.4) is 0 Å². The predicted molar refractivity (Wildman–Crippen MR) is 153 cm³/mol. The topological polar surface area (TPSA) is 57.4 Å². The number of hydrogen-bond donors (Lipinski definition) is 2. The quantitative estimate of drug-likeness (QED) is 0.217. The lowest BCUT2D eigenvalue weighted by atomic mass is 10.2. The van der Waals surface area contributed by atoms with Gasteiger partial charge in [0.2, 0.25) is 0 Å². The molecular weight excluding hydrogens is 529 g/mol. The molecule has 6 rings (SSSR count). The van der Waals surface area contributed by atoms with Gasteiger partial charge in [-0.15, -0.1) is 45.3 Å². The summed E-state index contributed by atoms with van der Waals surface area (Å²) in [5.41, 5.74) is 9.19. The molecule has 6 aromatic heterocycles. The number of aromatic nitrogens is 4. The molecule has 6 heterocycles. The van der Waals surface area contributed by atoms with Crippen molar-refractivity contribution >= 4 is 57.1 Å². The number of rotatable bonds is 6. The SMILES string of the molecule is Cc1csc(-c2nc(Sc3nc(-c4cc(C)cs4)c(-c4cc(C)cs4)[nH]3)[nH]c2-c2cc(C)cs2)c1. The van der Waals surface area contributed by atoms with E-state index in [0.29, 0.717) is 0 Å². The molecule has 4 nitrogen and oxygen atoms in total. The highest BCUT2D eigenvalue weighted by Gasteiger charge is 2.21. The summed E-state index contributed by atoms with van der Waals surface area (Å²) >= 11 is 8.51. The third-order valence-corrected chi connectivity index (χ3v) is 10.5. The summed E-state index contributed by atoms with van der Waals surface area (Å²) in [6.45, 7) is 8.51. The van der Waals surface area contributed by atoms with Crippen LogP contribution in [0.15, 0.2) is 56.1 Å². The van der Waals surface area contributed by atoms with E-state index >= 15 is 0 Å². The predicted octanol–water partition coefficient (Wildman–Crippen LogP) is 9.43. The molecule has 0 aromatic carbocycles. The van der Waals surface area contributed by atoms with E-state index < -0.39 is 0 Å². The van der Waals surface area contributed by atoms with Gasteiger partial charge in [0.15, 0.2) is 10.3 Å². The summed E-state index contributed by atoms with van der Waals surface area (Å²) < 4.78 is 0. The molecule has 176 valence electrons. The number of hydrogen-bond acceptors (Lipinski definition) is 7. The van der Waals surface area contributed by atoms with Crippen molar-refractivity contribution in [3.63, 3.8) is 0 Å². The van der Waals surface area contributed by atoms with E-state index in [2.05, 4.69) is 83.4 Å². The lowest BCUT2D eigenvalue weighted by Gasteiger charge is -1.96. The summed E-state index contributed by atoms with van der Waals surface area (Å²) in [6, 6.07) is 8.86. The van der Waals surface area contributed by atoms with Gasteiger partial charge in [-0.2, -0.15) is 0 Å². The van der Waals surface area contributed by atoms with Gasteiger partial charge in [0.25, 0.3) is 0 Å². The zero-order valence-corrected chi connectivity index (χ0v) is 23.6. The average molecular weight is 551 g/mol. The van der Waals surface area contributed by atoms with Gasteiger partial charge in [-0.05, 0) is 107 Å². The van der Waals surface area contributed by atoms with Gasteiger partial charge in [-0.3, -0.25) is 0 Å². The molecular formula is C26H22N4S5. The Balaban J connectivity index is 1.42. The van der Waals surface area contributed by atoms with Gasteiger partial charge in [-0.25, -0.2) is 9.97 Å². The maximum absolute atomic E-state index is 5.04. The molecule has 35 heavy (non-hydrogen) atoms. The van der Waals surface area contributed by atoms with Crippen LogP contribution in [0.4, 0.5) is 0 Å². The summed E-state index contributed by atoms with van der Waals surface area (Å²) in [7, 11) is 0. The average Bonchev–Trinajstić information content (AvgIpc) is 3.62. The number of nitrogens with one attached hydrogen (secondary N) is 2. The molecule has 0 aliphatic carbocycles. The molecule has 0 fully saturated rings. The van der Waals surface area contributed by atoms with Gasteiger partial charge < -0.3 is 9.97 Å². The van der Waals surface area contributed by atoms with E-state index in [9.17, 15) is 0 Å². The van der Waals surface area contributed by atoms with E-state index in [1.54, 1.807) is 57.1 Å². The Morgan fingerprint density at radius 2 is 0.886 bits per heavy atom. The second kappa shape index (κ2) is 9.22. The van der Waals surface area contributed by atoms with Gasteiger partial charge in [0.05, 0.1) is 30.9 Å². The summed E-state index contributed by atoms with van der Waals surface area (Å²) in [6.07, 6.45) is 0. The lowest BCUT2D eigenvalue weighted by Crippen LogP contribution is -1.79. The van der Waals surface area contributed by atoms with E-state index in [1.165, 1.54) is 41.8 Å². The molecule has 0 aliphatic heterocycles. The molecule has 0 amide bonds. The zero-order valence-electron chi connectivity index (χ0n) is 19.6. The minimum atomic E-state index is 0.837.